The van der Waals surface area contributed by atoms with E-state index in [4.69, 9.17) is 5.73 Å². The van der Waals surface area contributed by atoms with E-state index in [2.05, 4.69) is 25.5 Å². The second-order valence-electron chi connectivity index (χ2n) is 5.51. The number of aromatic nitrogens is 6. The third-order valence-corrected chi connectivity index (χ3v) is 3.85. The average Bonchev–Trinajstić information content (AvgIpc) is 3.13. The van der Waals surface area contributed by atoms with Gasteiger partial charge in [-0.2, -0.15) is 9.07 Å². The molecule has 0 saturated heterocycles. The molecule has 0 radical (unpaired) electrons. The molecule has 4 rings (SSSR count). The van der Waals surface area contributed by atoms with E-state index in [1.54, 1.807) is 12.1 Å². The van der Waals surface area contributed by atoms with Crippen molar-refractivity contribution in [3.05, 3.63) is 66.4 Å². The number of anilines is 1. The Morgan fingerprint density at radius 3 is 2.63 bits per heavy atom. The SMILES string of the molecule is Nc1ncc(-c2ccnc(F)c2)cc1-c1nnnn1-c1cccc(F)c1F. The molecule has 2 N–H and O–H groups in total. The van der Waals surface area contributed by atoms with Gasteiger partial charge >= 0.3 is 0 Å². The molecule has 0 amide bonds. The smallest absolute Gasteiger partial charge is 0.213 e. The highest BCUT2D eigenvalue weighted by atomic mass is 19.2. The Labute approximate surface area is 150 Å². The van der Waals surface area contributed by atoms with Gasteiger partial charge in [-0.25, -0.2) is 18.7 Å². The first kappa shape index (κ1) is 16.6. The van der Waals surface area contributed by atoms with Gasteiger partial charge in [0, 0.05) is 24.0 Å². The van der Waals surface area contributed by atoms with Crippen LogP contribution in [0, 0.1) is 17.6 Å². The number of tetrazole rings is 1. The van der Waals surface area contributed by atoms with Gasteiger partial charge in [0.05, 0.1) is 5.56 Å². The lowest BCUT2D eigenvalue weighted by molar-refractivity contribution is 0.501. The minimum absolute atomic E-state index is 0.0564. The second kappa shape index (κ2) is 6.48. The van der Waals surface area contributed by atoms with Crippen molar-refractivity contribution in [1.82, 2.24) is 30.2 Å². The maximum absolute atomic E-state index is 14.2. The maximum atomic E-state index is 14.2. The molecule has 0 spiro atoms. The summed E-state index contributed by atoms with van der Waals surface area (Å²) in [5, 5.41) is 11.1. The highest BCUT2D eigenvalue weighted by Gasteiger charge is 2.19. The van der Waals surface area contributed by atoms with Crippen LogP contribution in [0.5, 0.6) is 0 Å². The Kier molecular flexibility index (Phi) is 3.99. The molecule has 10 heteroatoms. The highest BCUT2D eigenvalue weighted by Crippen LogP contribution is 2.30. The van der Waals surface area contributed by atoms with Gasteiger partial charge in [0.15, 0.2) is 17.5 Å². The van der Waals surface area contributed by atoms with Gasteiger partial charge in [0.25, 0.3) is 0 Å². The van der Waals surface area contributed by atoms with E-state index in [-0.39, 0.29) is 22.9 Å². The van der Waals surface area contributed by atoms with Crippen molar-refractivity contribution in [2.45, 2.75) is 0 Å². The fourth-order valence-corrected chi connectivity index (χ4v) is 2.57. The zero-order valence-electron chi connectivity index (χ0n) is 13.5. The average molecular weight is 369 g/mol. The number of hydrogen-bond donors (Lipinski definition) is 1. The summed E-state index contributed by atoms with van der Waals surface area (Å²) >= 11 is 0. The molecular weight excluding hydrogens is 359 g/mol. The predicted molar refractivity (Wildman–Crippen MR) is 89.9 cm³/mol. The predicted octanol–water partition coefficient (Wildman–Crippen LogP) is 2.79. The number of nitrogen functional groups attached to an aromatic ring is 1. The van der Waals surface area contributed by atoms with Crippen molar-refractivity contribution >= 4 is 5.82 Å². The van der Waals surface area contributed by atoms with Crippen LogP contribution in [0.2, 0.25) is 0 Å². The lowest BCUT2D eigenvalue weighted by Crippen LogP contribution is -2.06. The van der Waals surface area contributed by atoms with E-state index in [0.29, 0.717) is 11.1 Å². The van der Waals surface area contributed by atoms with Crippen molar-refractivity contribution in [2.75, 3.05) is 5.73 Å². The Morgan fingerprint density at radius 1 is 0.963 bits per heavy atom. The molecule has 0 atom stereocenters. The van der Waals surface area contributed by atoms with Gasteiger partial charge in [-0.15, -0.1) is 5.10 Å². The maximum Gasteiger partial charge on any atom is 0.213 e. The van der Waals surface area contributed by atoms with E-state index in [1.807, 2.05) is 0 Å². The second-order valence-corrected chi connectivity index (χ2v) is 5.51. The first-order valence-electron chi connectivity index (χ1n) is 7.65. The van der Waals surface area contributed by atoms with Crippen LogP contribution in [0.25, 0.3) is 28.2 Å². The third kappa shape index (κ3) is 2.97. The van der Waals surface area contributed by atoms with Gasteiger partial charge < -0.3 is 5.73 Å². The van der Waals surface area contributed by atoms with Crippen LogP contribution < -0.4 is 5.73 Å². The number of pyridine rings is 2. The van der Waals surface area contributed by atoms with Crippen LogP contribution in [0.3, 0.4) is 0 Å². The van der Waals surface area contributed by atoms with Crippen LogP contribution >= 0.6 is 0 Å². The number of nitrogens with zero attached hydrogens (tertiary/aromatic N) is 6. The van der Waals surface area contributed by atoms with Crippen molar-refractivity contribution in [2.24, 2.45) is 0 Å². The summed E-state index contributed by atoms with van der Waals surface area (Å²) in [5.74, 6) is -2.68. The van der Waals surface area contributed by atoms with E-state index in [9.17, 15) is 13.2 Å². The number of hydrogen-bond acceptors (Lipinski definition) is 6. The summed E-state index contributed by atoms with van der Waals surface area (Å²) in [6, 6.07) is 8.04. The van der Waals surface area contributed by atoms with Gasteiger partial charge in [0.2, 0.25) is 5.95 Å². The third-order valence-electron chi connectivity index (χ3n) is 3.85. The van der Waals surface area contributed by atoms with Crippen LogP contribution in [0.4, 0.5) is 19.0 Å². The monoisotopic (exact) mass is 369 g/mol. The Balaban J connectivity index is 1.87. The fraction of sp³-hybridized carbons (Fsp3) is 0. The normalized spacial score (nSPS) is 10.9. The molecule has 3 heterocycles. The molecule has 3 aromatic heterocycles. The fourth-order valence-electron chi connectivity index (χ4n) is 2.57. The van der Waals surface area contributed by atoms with E-state index < -0.39 is 17.6 Å². The van der Waals surface area contributed by atoms with Crippen LogP contribution in [-0.2, 0) is 0 Å². The molecule has 0 aliphatic carbocycles. The molecule has 0 aliphatic rings. The van der Waals surface area contributed by atoms with E-state index in [0.717, 1.165) is 10.7 Å². The van der Waals surface area contributed by atoms with Crippen LogP contribution in [0.15, 0.2) is 48.8 Å². The molecule has 4 aromatic rings. The lowest BCUT2D eigenvalue weighted by Gasteiger charge is -2.09. The van der Waals surface area contributed by atoms with Crippen molar-refractivity contribution < 1.29 is 13.2 Å². The number of nitrogens with two attached hydrogens (primary N) is 1. The number of halogens is 3. The van der Waals surface area contributed by atoms with Gasteiger partial charge in [-0.05, 0) is 40.3 Å². The van der Waals surface area contributed by atoms with Crippen LogP contribution in [-0.4, -0.2) is 30.2 Å². The quantitative estimate of drug-likeness (QED) is 0.558. The highest BCUT2D eigenvalue weighted by molar-refractivity contribution is 5.76. The molecule has 134 valence electrons. The molecule has 7 nitrogen and oxygen atoms in total. The minimum Gasteiger partial charge on any atom is -0.383 e. The molecule has 0 saturated carbocycles. The summed E-state index contributed by atoms with van der Waals surface area (Å²) < 4.78 is 42.2. The Morgan fingerprint density at radius 2 is 1.81 bits per heavy atom. The number of rotatable bonds is 3. The van der Waals surface area contributed by atoms with Crippen molar-refractivity contribution in [3.8, 4) is 28.2 Å². The topological polar surface area (TPSA) is 95.4 Å². The molecule has 0 unspecified atom stereocenters. The van der Waals surface area contributed by atoms with Gasteiger partial charge in [0.1, 0.15) is 11.5 Å². The molecular formula is C17H10F3N7. The molecule has 0 bridgehead atoms. The largest absolute Gasteiger partial charge is 0.383 e. The summed E-state index contributed by atoms with van der Waals surface area (Å²) in [7, 11) is 0. The summed E-state index contributed by atoms with van der Waals surface area (Å²) in [6.07, 6.45) is 2.76. The number of benzene rings is 1. The molecule has 1 aromatic carbocycles. The lowest BCUT2D eigenvalue weighted by atomic mass is 10.1. The molecule has 27 heavy (non-hydrogen) atoms. The van der Waals surface area contributed by atoms with E-state index in [1.165, 1.54) is 30.6 Å². The first-order valence-corrected chi connectivity index (χ1v) is 7.65. The zero-order valence-corrected chi connectivity index (χ0v) is 13.5. The van der Waals surface area contributed by atoms with Crippen molar-refractivity contribution in [3.63, 3.8) is 0 Å². The Hall–Kier alpha value is -3.82. The summed E-state index contributed by atoms with van der Waals surface area (Å²) in [6.45, 7) is 0. The van der Waals surface area contributed by atoms with Crippen molar-refractivity contribution in [1.29, 1.82) is 0 Å². The molecule has 0 fully saturated rings. The van der Waals surface area contributed by atoms with Crippen LogP contribution in [0.1, 0.15) is 0 Å². The minimum atomic E-state index is -1.11. The summed E-state index contributed by atoms with van der Waals surface area (Å²) in [4.78, 5) is 7.58. The van der Waals surface area contributed by atoms with E-state index >= 15 is 0 Å². The summed E-state index contributed by atoms with van der Waals surface area (Å²) in [5.41, 5.74) is 7.05. The first-order chi connectivity index (χ1) is 13.0. The zero-order chi connectivity index (χ0) is 19.0. The standard InChI is InChI=1S/C17H10F3N7/c18-12-2-1-3-13(15(12)20)27-17(24-25-26-27)11-6-10(8-23-16(11)21)9-4-5-22-14(19)7-9/h1-8H,(H2,21,23). The van der Waals surface area contributed by atoms with Gasteiger partial charge in [-0.1, -0.05) is 6.07 Å². The Bertz CT molecular complexity index is 1140. The molecule has 0 aliphatic heterocycles. The van der Waals surface area contributed by atoms with Gasteiger partial charge in [-0.3, -0.25) is 0 Å².